The maximum atomic E-state index is 11.5. The van der Waals surface area contributed by atoms with Gasteiger partial charge >= 0.3 is 0 Å². The molecule has 1 fully saturated rings. The van der Waals surface area contributed by atoms with Gasteiger partial charge in [0.1, 0.15) is 0 Å². The van der Waals surface area contributed by atoms with E-state index in [1.165, 1.54) is 0 Å². The van der Waals surface area contributed by atoms with Crippen molar-refractivity contribution in [3.63, 3.8) is 0 Å². The fraction of sp³-hybridized carbons (Fsp3) is 0.727. The molecule has 0 bridgehead atoms. The van der Waals surface area contributed by atoms with Crippen LogP contribution in [0, 0.1) is 12.8 Å². The number of ether oxygens (including phenoxy) is 1. The Morgan fingerprint density at radius 2 is 2.22 bits per heavy atom. The van der Waals surface area contributed by atoms with E-state index in [-0.39, 0.29) is 22.8 Å². The molecular weight excluding hydrogens is 276 g/mol. The van der Waals surface area contributed by atoms with E-state index < -0.39 is 9.84 Å². The van der Waals surface area contributed by atoms with Gasteiger partial charge in [0.25, 0.3) is 0 Å². The molecule has 1 aliphatic heterocycles. The first-order valence-corrected chi connectivity index (χ1v) is 8.03. The number of hydrogen-bond acceptors (Lipinski definition) is 4. The third kappa shape index (κ3) is 2.36. The minimum atomic E-state index is -2.93. The number of methoxy groups -OCH3 is 1. The smallest absolute Gasteiger partial charge is 0.216 e. The molecule has 7 heteroatoms. The number of rotatable bonds is 3. The van der Waals surface area contributed by atoms with Gasteiger partial charge in [0, 0.05) is 7.05 Å². The maximum Gasteiger partial charge on any atom is 0.216 e. The van der Waals surface area contributed by atoms with Crippen LogP contribution in [0.2, 0.25) is 0 Å². The van der Waals surface area contributed by atoms with E-state index in [9.17, 15) is 8.42 Å². The monoisotopic (exact) mass is 292 g/mol. The Balaban J connectivity index is 2.32. The lowest BCUT2D eigenvalue weighted by atomic mass is 9.98. The van der Waals surface area contributed by atoms with Crippen LogP contribution in [-0.2, 0) is 16.9 Å². The standard InChI is InChI=1S/C11H17ClN2O3S/c1-7-9(11(17-3)14(2)13-7)10(12)8-4-5-18(15,16)6-8/h8,10H,4-6H2,1-3H3. The van der Waals surface area contributed by atoms with Gasteiger partial charge in [-0.05, 0) is 19.3 Å². The molecule has 5 nitrogen and oxygen atoms in total. The van der Waals surface area contributed by atoms with Crippen LogP contribution in [0.15, 0.2) is 0 Å². The molecule has 1 aliphatic rings. The van der Waals surface area contributed by atoms with Crippen LogP contribution in [0.1, 0.15) is 23.1 Å². The second-order valence-corrected chi connectivity index (χ2v) is 7.40. The zero-order valence-electron chi connectivity index (χ0n) is 10.7. The van der Waals surface area contributed by atoms with Crippen molar-refractivity contribution in [2.75, 3.05) is 18.6 Å². The van der Waals surface area contributed by atoms with E-state index in [1.807, 2.05) is 6.92 Å². The van der Waals surface area contributed by atoms with Gasteiger partial charge in [-0.2, -0.15) is 5.10 Å². The van der Waals surface area contributed by atoms with Crippen molar-refractivity contribution in [1.82, 2.24) is 9.78 Å². The highest BCUT2D eigenvalue weighted by Crippen LogP contribution is 2.41. The summed E-state index contributed by atoms with van der Waals surface area (Å²) in [5.41, 5.74) is 1.60. The normalized spacial score (nSPS) is 24.1. The van der Waals surface area contributed by atoms with E-state index >= 15 is 0 Å². The molecule has 0 radical (unpaired) electrons. The van der Waals surface area contributed by atoms with Gasteiger partial charge in [-0.25, -0.2) is 13.1 Å². The molecule has 102 valence electrons. The third-order valence-electron chi connectivity index (χ3n) is 3.36. The predicted molar refractivity (Wildman–Crippen MR) is 69.9 cm³/mol. The topological polar surface area (TPSA) is 61.2 Å². The summed E-state index contributed by atoms with van der Waals surface area (Å²) in [6, 6.07) is 0. The van der Waals surface area contributed by atoms with Crippen LogP contribution in [0.5, 0.6) is 5.88 Å². The summed E-state index contributed by atoms with van der Waals surface area (Å²) in [5.74, 6) is 0.923. The molecule has 2 atom stereocenters. The zero-order chi connectivity index (χ0) is 13.5. The molecule has 0 aromatic carbocycles. The molecule has 0 aliphatic carbocycles. The Morgan fingerprint density at radius 1 is 1.56 bits per heavy atom. The summed E-state index contributed by atoms with van der Waals surface area (Å²) >= 11 is 6.44. The van der Waals surface area contributed by atoms with Gasteiger partial charge < -0.3 is 4.74 Å². The van der Waals surface area contributed by atoms with E-state index in [2.05, 4.69) is 5.10 Å². The number of aryl methyl sites for hydroxylation is 2. The molecule has 1 saturated heterocycles. The fourth-order valence-corrected chi connectivity index (χ4v) is 4.92. The number of aromatic nitrogens is 2. The highest BCUT2D eigenvalue weighted by Gasteiger charge is 2.36. The van der Waals surface area contributed by atoms with Crippen LogP contribution in [0.3, 0.4) is 0 Å². The number of halogens is 1. The van der Waals surface area contributed by atoms with Crippen LogP contribution in [-0.4, -0.2) is 36.8 Å². The molecule has 2 rings (SSSR count). The lowest BCUT2D eigenvalue weighted by molar-refractivity contribution is 0.366. The first-order valence-electron chi connectivity index (χ1n) is 5.77. The van der Waals surface area contributed by atoms with Gasteiger partial charge in [-0.15, -0.1) is 11.6 Å². The molecule has 1 aromatic rings. The SMILES string of the molecule is COc1c(C(Cl)C2CCS(=O)(=O)C2)c(C)nn1C. The average molecular weight is 293 g/mol. The van der Waals surface area contributed by atoms with Crippen LogP contribution < -0.4 is 4.74 Å². The molecule has 0 spiro atoms. The van der Waals surface area contributed by atoms with Gasteiger partial charge in [-0.3, -0.25) is 0 Å². The minimum absolute atomic E-state index is 0.0616. The van der Waals surface area contributed by atoms with Crippen LogP contribution in [0.25, 0.3) is 0 Å². The lowest BCUT2D eigenvalue weighted by Crippen LogP contribution is -2.11. The zero-order valence-corrected chi connectivity index (χ0v) is 12.3. The molecule has 0 saturated carbocycles. The highest BCUT2D eigenvalue weighted by atomic mass is 35.5. The first-order chi connectivity index (χ1) is 8.35. The minimum Gasteiger partial charge on any atom is -0.481 e. The highest BCUT2D eigenvalue weighted by molar-refractivity contribution is 7.91. The lowest BCUT2D eigenvalue weighted by Gasteiger charge is -2.16. The van der Waals surface area contributed by atoms with E-state index in [0.717, 1.165) is 11.3 Å². The van der Waals surface area contributed by atoms with Crippen molar-refractivity contribution in [1.29, 1.82) is 0 Å². The van der Waals surface area contributed by atoms with Gasteiger partial charge in [-0.1, -0.05) is 0 Å². The summed E-state index contributed by atoms with van der Waals surface area (Å²) < 4.78 is 29.9. The van der Waals surface area contributed by atoms with Crippen molar-refractivity contribution in [3.8, 4) is 5.88 Å². The van der Waals surface area contributed by atoms with E-state index in [0.29, 0.717) is 12.3 Å². The Bertz CT molecular complexity index is 553. The first kappa shape index (κ1) is 13.7. The summed E-state index contributed by atoms with van der Waals surface area (Å²) in [6.07, 6.45) is 0.605. The summed E-state index contributed by atoms with van der Waals surface area (Å²) in [7, 11) is 0.420. The molecule has 2 heterocycles. The molecule has 2 unspecified atom stereocenters. The summed E-state index contributed by atoms with van der Waals surface area (Å²) in [5, 5.41) is 3.90. The van der Waals surface area contributed by atoms with Crippen molar-refractivity contribution in [2.45, 2.75) is 18.7 Å². The molecule has 0 amide bonds. The van der Waals surface area contributed by atoms with Gasteiger partial charge in [0.15, 0.2) is 9.84 Å². The predicted octanol–water partition coefficient (Wildman–Crippen LogP) is 1.45. The van der Waals surface area contributed by atoms with Gasteiger partial charge in [0.2, 0.25) is 5.88 Å². The Morgan fingerprint density at radius 3 is 2.72 bits per heavy atom. The van der Waals surface area contributed by atoms with Gasteiger partial charge in [0.05, 0.1) is 35.2 Å². The number of nitrogens with zero attached hydrogens (tertiary/aromatic N) is 2. The van der Waals surface area contributed by atoms with Crippen molar-refractivity contribution >= 4 is 21.4 Å². The van der Waals surface area contributed by atoms with Crippen molar-refractivity contribution in [2.24, 2.45) is 13.0 Å². The van der Waals surface area contributed by atoms with E-state index in [4.69, 9.17) is 16.3 Å². The molecule has 0 N–H and O–H groups in total. The Labute approximate surface area is 112 Å². The Hall–Kier alpha value is -0.750. The van der Waals surface area contributed by atoms with Crippen LogP contribution in [0.4, 0.5) is 0 Å². The van der Waals surface area contributed by atoms with Crippen molar-refractivity contribution < 1.29 is 13.2 Å². The maximum absolute atomic E-state index is 11.5. The quantitative estimate of drug-likeness (QED) is 0.791. The molecular formula is C11H17ClN2O3S. The third-order valence-corrected chi connectivity index (χ3v) is 5.73. The number of alkyl halides is 1. The Kier molecular flexibility index (Phi) is 3.60. The number of hydrogen-bond donors (Lipinski definition) is 0. The second-order valence-electron chi connectivity index (χ2n) is 4.70. The van der Waals surface area contributed by atoms with E-state index in [1.54, 1.807) is 18.8 Å². The molecule has 1 aromatic heterocycles. The average Bonchev–Trinajstić information content (AvgIpc) is 2.77. The largest absolute Gasteiger partial charge is 0.481 e. The second kappa shape index (κ2) is 4.74. The fourth-order valence-electron chi connectivity index (χ4n) is 2.50. The summed E-state index contributed by atoms with van der Waals surface area (Å²) in [6.45, 7) is 1.86. The molecule has 18 heavy (non-hydrogen) atoms. The summed E-state index contributed by atoms with van der Waals surface area (Å²) in [4.78, 5) is 0. The van der Waals surface area contributed by atoms with Crippen molar-refractivity contribution in [3.05, 3.63) is 11.3 Å². The number of sulfone groups is 1. The van der Waals surface area contributed by atoms with Crippen LogP contribution >= 0.6 is 11.6 Å².